The fraction of sp³-hybridized carbons (Fsp3) is 0.462. The summed E-state index contributed by atoms with van der Waals surface area (Å²) in [5, 5.41) is 21.3. The second kappa shape index (κ2) is 6.06. The second-order valence-corrected chi connectivity index (χ2v) is 5.31. The molecule has 90 valence electrons. The summed E-state index contributed by atoms with van der Waals surface area (Å²) in [6, 6.07) is 8.87. The summed E-state index contributed by atoms with van der Waals surface area (Å²) < 4.78 is 0. The van der Waals surface area contributed by atoms with Crippen LogP contribution in [0.2, 0.25) is 0 Å². The van der Waals surface area contributed by atoms with Gasteiger partial charge in [0.1, 0.15) is 6.07 Å². The molecule has 1 fully saturated rings. The molecule has 1 aliphatic carbocycles. The number of aliphatic hydroxyl groups is 1. The first-order valence-electron chi connectivity index (χ1n) is 5.83. The highest BCUT2D eigenvalue weighted by atomic mass is 32.2. The summed E-state index contributed by atoms with van der Waals surface area (Å²) in [7, 11) is 0. The zero-order chi connectivity index (χ0) is 12.1. The number of thioether (sulfide) groups is 1. The fourth-order valence-electron chi connectivity index (χ4n) is 1.61. The predicted molar refractivity (Wildman–Crippen MR) is 68.8 cm³/mol. The molecular weight excluding hydrogens is 232 g/mol. The molecule has 1 aromatic carbocycles. The predicted octanol–water partition coefficient (Wildman–Crippen LogP) is 1.89. The Kier molecular flexibility index (Phi) is 4.43. The highest BCUT2D eigenvalue weighted by Crippen LogP contribution is 2.24. The van der Waals surface area contributed by atoms with Gasteiger partial charge in [-0.15, -0.1) is 11.8 Å². The van der Waals surface area contributed by atoms with E-state index in [1.54, 1.807) is 0 Å². The quantitative estimate of drug-likeness (QED) is 0.755. The second-order valence-electron chi connectivity index (χ2n) is 4.17. The average molecular weight is 248 g/mol. The highest BCUT2D eigenvalue weighted by molar-refractivity contribution is 7.99. The molecule has 1 saturated carbocycles. The van der Waals surface area contributed by atoms with E-state index in [1.165, 1.54) is 24.6 Å². The third-order valence-corrected chi connectivity index (χ3v) is 3.74. The van der Waals surface area contributed by atoms with Gasteiger partial charge in [-0.1, -0.05) is 6.07 Å². The Morgan fingerprint density at radius 1 is 1.47 bits per heavy atom. The lowest BCUT2D eigenvalue weighted by Crippen LogP contribution is -2.15. The van der Waals surface area contributed by atoms with Gasteiger partial charge < -0.3 is 10.4 Å². The van der Waals surface area contributed by atoms with Crippen molar-refractivity contribution in [2.45, 2.75) is 30.3 Å². The molecule has 0 spiro atoms. The largest absolute Gasteiger partial charge is 0.396 e. The van der Waals surface area contributed by atoms with Gasteiger partial charge in [0.2, 0.25) is 0 Å². The van der Waals surface area contributed by atoms with Gasteiger partial charge in [0.15, 0.2) is 0 Å². The smallest absolute Gasteiger partial charge is 0.100 e. The molecule has 0 aromatic heterocycles. The summed E-state index contributed by atoms with van der Waals surface area (Å²) in [4.78, 5) is 0.955. The first kappa shape index (κ1) is 12.4. The van der Waals surface area contributed by atoms with Crippen molar-refractivity contribution in [1.29, 1.82) is 5.26 Å². The SMILES string of the molecule is N#Cc1cc(CNC2CC2)ccc1SCCO. The van der Waals surface area contributed by atoms with Crippen molar-refractivity contribution < 1.29 is 5.11 Å². The molecule has 0 atom stereocenters. The van der Waals surface area contributed by atoms with Crippen molar-refractivity contribution in [2.24, 2.45) is 0 Å². The van der Waals surface area contributed by atoms with Crippen LogP contribution in [0.1, 0.15) is 24.0 Å². The van der Waals surface area contributed by atoms with E-state index in [9.17, 15) is 0 Å². The Labute approximate surface area is 106 Å². The molecular formula is C13H16N2OS. The number of nitrogens with one attached hydrogen (secondary N) is 1. The van der Waals surface area contributed by atoms with Crippen LogP contribution in [-0.4, -0.2) is 23.5 Å². The van der Waals surface area contributed by atoms with E-state index < -0.39 is 0 Å². The van der Waals surface area contributed by atoms with Crippen molar-refractivity contribution in [1.82, 2.24) is 5.32 Å². The minimum atomic E-state index is 0.139. The van der Waals surface area contributed by atoms with Crippen LogP contribution in [0.4, 0.5) is 0 Å². The minimum absolute atomic E-state index is 0.139. The van der Waals surface area contributed by atoms with Crippen molar-refractivity contribution in [3.63, 3.8) is 0 Å². The van der Waals surface area contributed by atoms with Crippen LogP contribution < -0.4 is 5.32 Å². The van der Waals surface area contributed by atoms with Gasteiger partial charge in [-0.2, -0.15) is 5.26 Å². The zero-order valence-corrected chi connectivity index (χ0v) is 10.5. The first-order valence-corrected chi connectivity index (χ1v) is 6.82. The van der Waals surface area contributed by atoms with Crippen LogP contribution in [0.15, 0.2) is 23.1 Å². The van der Waals surface area contributed by atoms with Gasteiger partial charge >= 0.3 is 0 Å². The van der Waals surface area contributed by atoms with Gasteiger partial charge in [0, 0.05) is 23.2 Å². The van der Waals surface area contributed by atoms with E-state index in [1.807, 2.05) is 12.1 Å². The van der Waals surface area contributed by atoms with Crippen LogP contribution in [-0.2, 0) is 6.54 Å². The lowest BCUT2D eigenvalue weighted by molar-refractivity contribution is 0.322. The maximum Gasteiger partial charge on any atom is 0.100 e. The fourth-order valence-corrected chi connectivity index (χ4v) is 2.34. The highest BCUT2D eigenvalue weighted by Gasteiger charge is 2.20. The average Bonchev–Trinajstić information content (AvgIpc) is 3.18. The van der Waals surface area contributed by atoms with Gasteiger partial charge in [-0.05, 0) is 30.5 Å². The Balaban J connectivity index is 2.01. The number of hydrogen-bond acceptors (Lipinski definition) is 4. The topological polar surface area (TPSA) is 56.0 Å². The van der Waals surface area contributed by atoms with Gasteiger partial charge in [0.25, 0.3) is 0 Å². The van der Waals surface area contributed by atoms with E-state index in [2.05, 4.69) is 17.5 Å². The normalized spacial score (nSPS) is 14.6. The van der Waals surface area contributed by atoms with Crippen LogP contribution in [0.5, 0.6) is 0 Å². The minimum Gasteiger partial charge on any atom is -0.396 e. The Bertz CT molecular complexity index is 424. The van der Waals surface area contributed by atoms with E-state index in [0.717, 1.165) is 17.0 Å². The Hall–Kier alpha value is -1.02. The number of nitriles is 1. The lowest BCUT2D eigenvalue weighted by atomic mass is 10.1. The number of aliphatic hydroxyl groups excluding tert-OH is 1. The number of rotatable bonds is 6. The summed E-state index contributed by atoms with van der Waals surface area (Å²) >= 11 is 1.52. The molecule has 0 radical (unpaired) electrons. The molecule has 0 saturated heterocycles. The van der Waals surface area contributed by atoms with Crippen LogP contribution in [0.25, 0.3) is 0 Å². The summed E-state index contributed by atoms with van der Waals surface area (Å²) in [5.74, 6) is 0.633. The molecule has 1 aliphatic rings. The maximum atomic E-state index is 9.09. The molecule has 0 aliphatic heterocycles. The van der Waals surface area contributed by atoms with Crippen molar-refractivity contribution in [2.75, 3.05) is 12.4 Å². The van der Waals surface area contributed by atoms with Crippen LogP contribution in [0, 0.1) is 11.3 Å². The van der Waals surface area contributed by atoms with E-state index >= 15 is 0 Å². The van der Waals surface area contributed by atoms with Crippen LogP contribution in [0.3, 0.4) is 0 Å². The summed E-state index contributed by atoms with van der Waals surface area (Å²) in [6.45, 7) is 0.977. The van der Waals surface area contributed by atoms with Crippen molar-refractivity contribution >= 4 is 11.8 Å². The van der Waals surface area contributed by atoms with E-state index in [-0.39, 0.29) is 6.61 Å². The van der Waals surface area contributed by atoms with Crippen molar-refractivity contribution in [3.8, 4) is 6.07 Å². The van der Waals surface area contributed by atoms with E-state index in [4.69, 9.17) is 10.4 Å². The molecule has 17 heavy (non-hydrogen) atoms. The summed E-state index contributed by atoms with van der Waals surface area (Å²) in [5.41, 5.74) is 1.86. The van der Waals surface area contributed by atoms with E-state index in [0.29, 0.717) is 17.4 Å². The summed E-state index contributed by atoms with van der Waals surface area (Å²) in [6.07, 6.45) is 2.55. The van der Waals surface area contributed by atoms with Crippen molar-refractivity contribution in [3.05, 3.63) is 29.3 Å². The molecule has 4 heteroatoms. The third kappa shape index (κ3) is 3.74. The van der Waals surface area contributed by atoms with Crippen LogP contribution >= 0.6 is 11.8 Å². The molecule has 0 unspecified atom stereocenters. The molecule has 3 nitrogen and oxygen atoms in total. The van der Waals surface area contributed by atoms with Gasteiger partial charge in [-0.3, -0.25) is 0 Å². The third-order valence-electron chi connectivity index (χ3n) is 2.69. The molecule has 0 bridgehead atoms. The number of benzene rings is 1. The number of hydrogen-bond donors (Lipinski definition) is 2. The zero-order valence-electron chi connectivity index (χ0n) is 9.65. The number of nitrogens with zero attached hydrogens (tertiary/aromatic N) is 1. The Morgan fingerprint density at radius 3 is 2.94 bits per heavy atom. The standard InChI is InChI=1S/C13H16N2OS/c14-8-11-7-10(9-15-12-2-3-12)1-4-13(11)17-6-5-16/h1,4,7,12,15-16H,2-3,5-6,9H2. The lowest BCUT2D eigenvalue weighted by Gasteiger charge is -2.07. The first-order chi connectivity index (χ1) is 8.33. The molecule has 0 amide bonds. The monoisotopic (exact) mass is 248 g/mol. The molecule has 0 heterocycles. The Morgan fingerprint density at radius 2 is 2.29 bits per heavy atom. The van der Waals surface area contributed by atoms with Gasteiger partial charge in [-0.25, -0.2) is 0 Å². The molecule has 2 N–H and O–H groups in total. The maximum absolute atomic E-state index is 9.09. The molecule has 2 rings (SSSR count). The molecule has 1 aromatic rings. The van der Waals surface area contributed by atoms with Gasteiger partial charge in [0.05, 0.1) is 12.2 Å².